The maximum Gasteiger partial charge on any atom is 0.401 e. The molecule has 2 nitrogen and oxygen atoms in total. The van der Waals surface area contributed by atoms with Gasteiger partial charge in [0.2, 0.25) is 0 Å². The highest BCUT2D eigenvalue weighted by molar-refractivity contribution is 7.09. The first-order valence-electron chi connectivity index (χ1n) is 5.46. The lowest BCUT2D eigenvalue weighted by atomic mass is 10.3. The molecular formula is C11H17F3N2S. The molecule has 0 aliphatic rings. The Morgan fingerprint density at radius 1 is 1.35 bits per heavy atom. The predicted molar refractivity (Wildman–Crippen MR) is 64.4 cm³/mol. The van der Waals surface area contributed by atoms with Crippen molar-refractivity contribution in [2.45, 2.75) is 12.6 Å². The molecule has 0 amide bonds. The first kappa shape index (κ1) is 14.5. The van der Waals surface area contributed by atoms with Crippen molar-refractivity contribution in [1.29, 1.82) is 0 Å². The Labute approximate surface area is 103 Å². The molecule has 1 aromatic heterocycles. The Morgan fingerprint density at radius 3 is 2.71 bits per heavy atom. The van der Waals surface area contributed by atoms with Gasteiger partial charge in [0.1, 0.15) is 0 Å². The summed E-state index contributed by atoms with van der Waals surface area (Å²) in [6.45, 7) is 0.946. The standard InChI is InChI=1S/C11H17F3N2S/c1-16(6-4-10-3-2-8-17-10)7-5-15-9-11(12,13)14/h2-3,8,15H,4-7,9H2,1H3. The smallest absolute Gasteiger partial charge is 0.307 e. The molecule has 1 N–H and O–H groups in total. The summed E-state index contributed by atoms with van der Waals surface area (Å²) in [6, 6.07) is 4.07. The second-order valence-electron chi connectivity index (χ2n) is 3.92. The van der Waals surface area contributed by atoms with Crippen molar-refractivity contribution in [2.75, 3.05) is 33.2 Å². The molecule has 6 heteroatoms. The Morgan fingerprint density at radius 2 is 2.12 bits per heavy atom. The van der Waals surface area contributed by atoms with Crippen molar-refractivity contribution in [1.82, 2.24) is 10.2 Å². The van der Waals surface area contributed by atoms with E-state index in [0.29, 0.717) is 13.1 Å². The average molecular weight is 266 g/mol. The second-order valence-corrected chi connectivity index (χ2v) is 4.96. The van der Waals surface area contributed by atoms with Crippen molar-refractivity contribution in [3.63, 3.8) is 0 Å². The van der Waals surface area contributed by atoms with Crippen LogP contribution < -0.4 is 5.32 Å². The molecule has 0 fully saturated rings. The Kier molecular flexibility index (Phi) is 5.94. The fourth-order valence-electron chi connectivity index (χ4n) is 1.37. The Balaban J connectivity index is 2.03. The summed E-state index contributed by atoms with van der Waals surface area (Å²) in [5.41, 5.74) is 0. The molecule has 0 saturated carbocycles. The molecule has 0 unspecified atom stereocenters. The van der Waals surface area contributed by atoms with Crippen LogP contribution in [0.2, 0.25) is 0 Å². The minimum Gasteiger partial charge on any atom is -0.307 e. The molecule has 0 saturated heterocycles. The van der Waals surface area contributed by atoms with Crippen LogP contribution in [-0.4, -0.2) is 44.3 Å². The largest absolute Gasteiger partial charge is 0.401 e. The highest BCUT2D eigenvalue weighted by Gasteiger charge is 2.25. The molecule has 1 aromatic rings. The fraction of sp³-hybridized carbons (Fsp3) is 0.636. The molecular weight excluding hydrogens is 249 g/mol. The van der Waals surface area contributed by atoms with Gasteiger partial charge in [-0.25, -0.2) is 0 Å². The van der Waals surface area contributed by atoms with Gasteiger partial charge in [0, 0.05) is 24.5 Å². The average Bonchev–Trinajstić information content (AvgIpc) is 2.73. The molecule has 0 spiro atoms. The summed E-state index contributed by atoms with van der Waals surface area (Å²) in [6.07, 6.45) is -3.16. The van der Waals surface area contributed by atoms with E-state index in [9.17, 15) is 13.2 Å². The summed E-state index contributed by atoms with van der Waals surface area (Å²) < 4.78 is 35.5. The van der Waals surface area contributed by atoms with Gasteiger partial charge < -0.3 is 10.2 Å². The third-order valence-electron chi connectivity index (χ3n) is 2.32. The minimum atomic E-state index is -4.12. The zero-order valence-electron chi connectivity index (χ0n) is 9.76. The SMILES string of the molecule is CN(CCNCC(F)(F)F)CCc1cccs1. The first-order valence-corrected chi connectivity index (χ1v) is 6.34. The summed E-state index contributed by atoms with van der Waals surface area (Å²) in [4.78, 5) is 3.34. The van der Waals surface area contributed by atoms with Crippen LogP contribution in [0.1, 0.15) is 4.88 Å². The van der Waals surface area contributed by atoms with Crippen molar-refractivity contribution in [2.24, 2.45) is 0 Å². The van der Waals surface area contributed by atoms with Gasteiger partial charge in [-0.3, -0.25) is 0 Å². The Hall–Kier alpha value is -0.590. The number of nitrogens with one attached hydrogen (secondary N) is 1. The number of alkyl halides is 3. The zero-order chi connectivity index (χ0) is 12.7. The molecule has 0 aliphatic carbocycles. The van der Waals surface area contributed by atoms with Crippen LogP contribution in [0, 0.1) is 0 Å². The lowest BCUT2D eigenvalue weighted by Crippen LogP contribution is -2.35. The number of thiophene rings is 1. The van der Waals surface area contributed by atoms with Crippen molar-refractivity contribution in [3.8, 4) is 0 Å². The van der Waals surface area contributed by atoms with Crippen molar-refractivity contribution < 1.29 is 13.2 Å². The lowest BCUT2D eigenvalue weighted by Gasteiger charge is -2.16. The summed E-state index contributed by atoms with van der Waals surface area (Å²) in [5.74, 6) is 0. The molecule has 0 atom stereocenters. The topological polar surface area (TPSA) is 15.3 Å². The van der Waals surface area contributed by atoms with Crippen LogP contribution in [0.5, 0.6) is 0 Å². The molecule has 0 aliphatic heterocycles. The van der Waals surface area contributed by atoms with Gasteiger partial charge in [0.05, 0.1) is 6.54 Å². The van der Waals surface area contributed by atoms with E-state index < -0.39 is 12.7 Å². The highest BCUT2D eigenvalue weighted by Crippen LogP contribution is 2.12. The molecule has 0 aromatic carbocycles. The van der Waals surface area contributed by atoms with Gasteiger partial charge in [-0.1, -0.05) is 6.07 Å². The van der Waals surface area contributed by atoms with Crippen LogP contribution in [-0.2, 0) is 6.42 Å². The van der Waals surface area contributed by atoms with Gasteiger partial charge in [-0.2, -0.15) is 13.2 Å². The second kappa shape index (κ2) is 6.98. The van der Waals surface area contributed by atoms with Gasteiger partial charge in [-0.15, -0.1) is 11.3 Å². The fourth-order valence-corrected chi connectivity index (χ4v) is 2.07. The van der Waals surface area contributed by atoms with E-state index in [-0.39, 0.29) is 0 Å². The number of rotatable bonds is 7. The van der Waals surface area contributed by atoms with Crippen LogP contribution in [0.4, 0.5) is 13.2 Å². The van der Waals surface area contributed by atoms with E-state index in [1.807, 2.05) is 23.4 Å². The minimum absolute atomic E-state index is 0.362. The number of hydrogen-bond donors (Lipinski definition) is 1. The van der Waals surface area contributed by atoms with E-state index >= 15 is 0 Å². The summed E-state index contributed by atoms with van der Waals surface area (Å²) >= 11 is 1.71. The van der Waals surface area contributed by atoms with Crippen molar-refractivity contribution >= 4 is 11.3 Å². The van der Waals surface area contributed by atoms with Gasteiger partial charge in [0.25, 0.3) is 0 Å². The highest BCUT2D eigenvalue weighted by atomic mass is 32.1. The van der Waals surface area contributed by atoms with E-state index in [4.69, 9.17) is 0 Å². The quantitative estimate of drug-likeness (QED) is 0.762. The van der Waals surface area contributed by atoms with E-state index in [1.54, 1.807) is 11.3 Å². The van der Waals surface area contributed by atoms with Gasteiger partial charge in [0.15, 0.2) is 0 Å². The Bertz CT molecular complexity index is 298. The third kappa shape index (κ3) is 7.36. The first-order chi connectivity index (χ1) is 7.97. The number of likely N-dealkylation sites (N-methyl/N-ethyl adjacent to an activating group) is 1. The van der Waals surface area contributed by atoms with Crippen LogP contribution in [0.15, 0.2) is 17.5 Å². The predicted octanol–water partition coefficient (Wildman–Crippen LogP) is 2.37. The van der Waals surface area contributed by atoms with Crippen LogP contribution >= 0.6 is 11.3 Å². The van der Waals surface area contributed by atoms with E-state index in [1.165, 1.54) is 4.88 Å². The zero-order valence-corrected chi connectivity index (χ0v) is 10.6. The van der Waals surface area contributed by atoms with E-state index in [0.717, 1.165) is 13.0 Å². The number of halogens is 3. The number of nitrogens with zero attached hydrogens (tertiary/aromatic N) is 1. The van der Waals surface area contributed by atoms with Crippen molar-refractivity contribution in [3.05, 3.63) is 22.4 Å². The molecule has 1 heterocycles. The normalized spacial score (nSPS) is 12.3. The number of hydrogen-bond acceptors (Lipinski definition) is 3. The van der Waals surface area contributed by atoms with Gasteiger partial charge in [-0.05, 0) is 24.9 Å². The molecule has 17 heavy (non-hydrogen) atoms. The summed E-state index contributed by atoms with van der Waals surface area (Å²) in [5, 5.41) is 4.41. The lowest BCUT2D eigenvalue weighted by molar-refractivity contribution is -0.124. The maximum atomic E-state index is 11.8. The van der Waals surface area contributed by atoms with E-state index in [2.05, 4.69) is 11.4 Å². The molecule has 98 valence electrons. The molecule has 0 bridgehead atoms. The monoisotopic (exact) mass is 266 g/mol. The third-order valence-corrected chi connectivity index (χ3v) is 3.25. The molecule has 1 rings (SSSR count). The van der Waals surface area contributed by atoms with Crippen LogP contribution in [0.3, 0.4) is 0 Å². The van der Waals surface area contributed by atoms with Crippen LogP contribution in [0.25, 0.3) is 0 Å². The maximum absolute atomic E-state index is 11.8. The summed E-state index contributed by atoms with van der Waals surface area (Å²) in [7, 11) is 1.92. The molecule has 0 radical (unpaired) electrons. The van der Waals surface area contributed by atoms with Gasteiger partial charge >= 0.3 is 6.18 Å².